The fraction of sp³-hybridized carbons (Fsp3) is 0.333. The maximum atomic E-state index is 13.1. The van der Waals surface area contributed by atoms with E-state index >= 15 is 0 Å². The predicted octanol–water partition coefficient (Wildman–Crippen LogP) is 3.57. The van der Waals surface area contributed by atoms with Crippen LogP contribution < -0.4 is 16.4 Å². The van der Waals surface area contributed by atoms with Crippen LogP contribution >= 0.6 is 22.9 Å². The van der Waals surface area contributed by atoms with Crippen molar-refractivity contribution in [2.24, 2.45) is 11.7 Å². The Morgan fingerprint density at radius 1 is 1.35 bits per heavy atom. The van der Waals surface area contributed by atoms with Gasteiger partial charge in [0.05, 0.1) is 20.5 Å². The number of anilines is 1. The summed E-state index contributed by atoms with van der Waals surface area (Å²) in [6.07, 6.45) is 2.18. The Balaban J connectivity index is 1.71. The summed E-state index contributed by atoms with van der Waals surface area (Å²) in [6.45, 7) is 2.22. The van der Waals surface area contributed by atoms with Crippen LogP contribution in [0, 0.1) is 18.7 Å². The molecule has 8 heteroatoms. The molecule has 2 aromatic rings. The average molecular weight is 396 g/mol. The van der Waals surface area contributed by atoms with Crippen molar-refractivity contribution in [2.45, 2.75) is 25.8 Å². The molecular weight excluding hydrogens is 377 g/mol. The molecule has 1 aromatic heterocycles. The smallest absolute Gasteiger partial charge is 0.261 e. The molecule has 1 saturated carbocycles. The molecule has 0 spiro atoms. The molecular formula is C18H19ClFN3O2S. The van der Waals surface area contributed by atoms with Crippen molar-refractivity contribution < 1.29 is 14.0 Å². The van der Waals surface area contributed by atoms with E-state index in [0.29, 0.717) is 22.3 Å². The van der Waals surface area contributed by atoms with Gasteiger partial charge in [0.2, 0.25) is 0 Å². The Bertz CT molecular complexity index is 851. The summed E-state index contributed by atoms with van der Waals surface area (Å²) < 4.78 is 13.1. The van der Waals surface area contributed by atoms with Gasteiger partial charge in [-0.3, -0.25) is 9.59 Å². The number of carbonyl (C=O) groups excluding carboxylic acids is 2. The molecule has 0 bridgehead atoms. The molecule has 1 aromatic carbocycles. The van der Waals surface area contributed by atoms with Crippen LogP contribution in [-0.2, 0) is 0 Å². The van der Waals surface area contributed by atoms with Gasteiger partial charge in [0.15, 0.2) is 0 Å². The number of hydrogen-bond donors (Lipinski definition) is 3. The molecule has 0 aliphatic heterocycles. The summed E-state index contributed by atoms with van der Waals surface area (Å²) in [4.78, 5) is 25.4. The molecule has 0 radical (unpaired) electrons. The Labute approximate surface area is 159 Å². The van der Waals surface area contributed by atoms with Gasteiger partial charge in [-0.25, -0.2) is 4.39 Å². The lowest BCUT2D eigenvalue weighted by molar-refractivity contribution is 0.0936. The number of carbonyl (C=O) groups is 2. The van der Waals surface area contributed by atoms with Crippen LogP contribution in [-0.4, -0.2) is 24.4 Å². The molecule has 0 saturated heterocycles. The zero-order valence-corrected chi connectivity index (χ0v) is 15.7. The number of nitrogens with two attached hydrogens (primary N) is 1. The normalized spacial score (nSPS) is 14.8. The van der Waals surface area contributed by atoms with Crippen molar-refractivity contribution >= 4 is 39.8 Å². The van der Waals surface area contributed by atoms with E-state index in [9.17, 15) is 14.0 Å². The number of nitrogens with one attached hydrogen (secondary N) is 2. The van der Waals surface area contributed by atoms with Gasteiger partial charge in [-0.1, -0.05) is 11.6 Å². The SMILES string of the molecule is Cc1cc(NC(=O)c2ccc(F)cc2Cl)sc1C(=O)NC(CN)C1CC1. The second kappa shape index (κ2) is 7.73. The van der Waals surface area contributed by atoms with Crippen molar-refractivity contribution in [3.05, 3.63) is 51.1 Å². The topological polar surface area (TPSA) is 84.2 Å². The quantitative estimate of drug-likeness (QED) is 0.699. The Morgan fingerprint density at radius 2 is 2.08 bits per heavy atom. The van der Waals surface area contributed by atoms with Crippen LogP contribution in [0.3, 0.4) is 0 Å². The van der Waals surface area contributed by atoms with Gasteiger partial charge in [0, 0.05) is 12.6 Å². The van der Waals surface area contributed by atoms with Crippen molar-refractivity contribution in [3.63, 3.8) is 0 Å². The van der Waals surface area contributed by atoms with Crippen molar-refractivity contribution in [3.8, 4) is 0 Å². The molecule has 1 aliphatic rings. The van der Waals surface area contributed by atoms with Gasteiger partial charge in [-0.15, -0.1) is 11.3 Å². The monoisotopic (exact) mass is 395 g/mol. The second-order valence-corrected chi connectivity index (χ2v) is 7.81. The lowest BCUT2D eigenvalue weighted by Crippen LogP contribution is -2.41. The molecule has 1 atom stereocenters. The summed E-state index contributed by atoms with van der Waals surface area (Å²) in [6, 6.07) is 5.29. The van der Waals surface area contributed by atoms with E-state index in [4.69, 9.17) is 17.3 Å². The molecule has 1 unspecified atom stereocenters. The highest BCUT2D eigenvalue weighted by molar-refractivity contribution is 7.18. The first-order valence-electron chi connectivity index (χ1n) is 8.26. The van der Waals surface area contributed by atoms with Crippen molar-refractivity contribution in [1.82, 2.24) is 5.32 Å². The van der Waals surface area contributed by atoms with Gasteiger partial charge in [0.1, 0.15) is 5.82 Å². The Hall–Kier alpha value is -1.96. The largest absolute Gasteiger partial charge is 0.347 e. The van der Waals surface area contributed by atoms with E-state index < -0.39 is 11.7 Å². The maximum Gasteiger partial charge on any atom is 0.261 e. The Kier molecular flexibility index (Phi) is 5.60. The second-order valence-electron chi connectivity index (χ2n) is 6.35. The highest BCUT2D eigenvalue weighted by Gasteiger charge is 2.32. The third-order valence-electron chi connectivity index (χ3n) is 4.30. The molecule has 3 rings (SSSR count). The molecule has 1 aliphatic carbocycles. The number of hydrogen-bond acceptors (Lipinski definition) is 4. The van der Waals surface area contributed by atoms with E-state index in [1.807, 2.05) is 0 Å². The number of benzene rings is 1. The summed E-state index contributed by atoms with van der Waals surface area (Å²) in [5.41, 5.74) is 6.66. The van der Waals surface area contributed by atoms with E-state index in [1.54, 1.807) is 13.0 Å². The zero-order valence-electron chi connectivity index (χ0n) is 14.1. The molecule has 4 N–H and O–H groups in total. The van der Waals surface area contributed by atoms with Gasteiger partial charge in [0.25, 0.3) is 11.8 Å². The predicted molar refractivity (Wildman–Crippen MR) is 101 cm³/mol. The minimum atomic E-state index is -0.511. The number of thiophene rings is 1. The van der Waals surface area contributed by atoms with E-state index in [0.717, 1.165) is 24.5 Å². The highest BCUT2D eigenvalue weighted by atomic mass is 35.5. The third-order valence-corrected chi connectivity index (χ3v) is 5.76. The number of aryl methyl sites for hydroxylation is 1. The molecule has 1 fully saturated rings. The Morgan fingerprint density at radius 3 is 2.69 bits per heavy atom. The van der Waals surface area contributed by atoms with Crippen molar-refractivity contribution in [1.29, 1.82) is 0 Å². The average Bonchev–Trinajstić information content (AvgIpc) is 3.35. The number of amides is 2. The summed E-state index contributed by atoms with van der Waals surface area (Å²) in [7, 11) is 0. The van der Waals surface area contributed by atoms with Gasteiger partial charge < -0.3 is 16.4 Å². The summed E-state index contributed by atoms with van der Waals surface area (Å²) >= 11 is 7.10. The number of rotatable bonds is 6. The van der Waals surface area contributed by atoms with Gasteiger partial charge in [-0.05, 0) is 55.5 Å². The lowest BCUT2D eigenvalue weighted by Gasteiger charge is -2.15. The van der Waals surface area contributed by atoms with Crippen LogP contribution in [0.4, 0.5) is 9.39 Å². The number of halogens is 2. The van der Waals surface area contributed by atoms with E-state index in [1.165, 1.54) is 23.5 Å². The molecule has 138 valence electrons. The lowest BCUT2D eigenvalue weighted by atomic mass is 10.2. The van der Waals surface area contributed by atoms with E-state index in [-0.39, 0.29) is 22.5 Å². The highest BCUT2D eigenvalue weighted by Crippen LogP contribution is 2.33. The maximum absolute atomic E-state index is 13.1. The first-order chi connectivity index (χ1) is 12.4. The molecule has 1 heterocycles. The molecule has 5 nitrogen and oxygen atoms in total. The van der Waals surface area contributed by atoms with Crippen LogP contribution in [0.2, 0.25) is 5.02 Å². The van der Waals surface area contributed by atoms with Crippen LogP contribution in [0.1, 0.15) is 38.4 Å². The van der Waals surface area contributed by atoms with Gasteiger partial charge in [-0.2, -0.15) is 0 Å². The minimum absolute atomic E-state index is 0.0138. The van der Waals surface area contributed by atoms with E-state index in [2.05, 4.69) is 10.6 Å². The molecule has 26 heavy (non-hydrogen) atoms. The minimum Gasteiger partial charge on any atom is -0.347 e. The third kappa shape index (κ3) is 4.23. The standard InChI is InChI=1S/C18H19ClFN3O2S/c1-9-6-15(23-17(24)12-5-4-11(20)7-13(12)19)26-16(9)18(25)22-14(8-21)10-2-3-10/h4-7,10,14H,2-3,8,21H2,1H3,(H,22,25)(H,23,24). The summed E-state index contributed by atoms with van der Waals surface area (Å²) in [5.74, 6) is -0.692. The fourth-order valence-electron chi connectivity index (χ4n) is 2.72. The fourth-order valence-corrected chi connectivity index (χ4v) is 3.95. The van der Waals surface area contributed by atoms with Crippen LogP contribution in [0.25, 0.3) is 0 Å². The van der Waals surface area contributed by atoms with Crippen LogP contribution in [0.15, 0.2) is 24.3 Å². The van der Waals surface area contributed by atoms with Crippen LogP contribution in [0.5, 0.6) is 0 Å². The molecule has 2 amide bonds. The first kappa shape index (κ1) is 18.8. The van der Waals surface area contributed by atoms with Crippen molar-refractivity contribution in [2.75, 3.05) is 11.9 Å². The first-order valence-corrected chi connectivity index (χ1v) is 9.46. The zero-order chi connectivity index (χ0) is 18.8. The summed E-state index contributed by atoms with van der Waals surface area (Å²) in [5, 5.41) is 6.23. The van der Waals surface area contributed by atoms with Gasteiger partial charge >= 0.3 is 0 Å².